The van der Waals surface area contributed by atoms with Gasteiger partial charge in [-0.3, -0.25) is 0 Å². The maximum atomic E-state index is 6.51. The average Bonchev–Trinajstić information content (AvgIpc) is 3.23. The van der Waals surface area contributed by atoms with Crippen LogP contribution in [-0.4, -0.2) is 15.0 Å². The smallest absolute Gasteiger partial charge is 0.165 e. The van der Waals surface area contributed by atoms with Crippen LogP contribution in [0.15, 0.2) is 97.1 Å². The van der Waals surface area contributed by atoms with Crippen LogP contribution in [0.2, 0.25) is 5.02 Å². The van der Waals surface area contributed by atoms with E-state index in [1.54, 1.807) is 11.3 Å². The van der Waals surface area contributed by atoms with Gasteiger partial charge in [-0.1, -0.05) is 84.4 Å². The lowest BCUT2D eigenvalue weighted by Crippen LogP contribution is -2.00. The van der Waals surface area contributed by atoms with E-state index in [0.717, 1.165) is 16.7 Å². The summed E-state index contributed by atoms with van der Waals surface area (Å²) in [4.78, 5) is 14.6. The highest BCUT2D eigenvalue weighted by Crippen LogP contribution is 2.39. The number of fused-ring (bicyclic) bond motifs is 3. The van der Waals surface area contributed by atoms with Crippen LogP contribution in [0.3, 0.4) is 0 Å². The lowest BCUT2D eigenvalue weighted by Gasteiger charge is -2.09. The van der Waals surface area contributed by atoms with E-state index in [0.29, 0.717) is 22.5 Å². The molecule has 3 nitrogen and oxygen atoms in total. The molecule has 32 heavy (non-hydrogen) atoms. The number of halogens is 1. The highest BCUT2D eigenvalue weighted by Gasteiger charge is 2.17. The van der Waals surface area contributed by atoms with Crippen molar-refractivity contribution in [1.82, 2.24) is 15.0 Å². The Morgan fingerprint density at radius 3 is 2.00 bits per heavy atom. The van der Waals surface area contributed by atoms with Crippen molar-refractivity contribution in [3.8, 4) is 34.2 Å². The largest absolute Gasteiger partial charge is 0.208 e. The Labute approximate surface area is 194 Å². The van der Waals surface area contributed by atoms with Crippen molar-refractivity contribution in [3.05, 3.63) is 102 Å². The minimum Gasteiger partial charge on any atom is -0.208 e. The number of benzene rings is 4. The molecule has 0 spiro atoms. The number of rotatable bonds is 3. The van der Waals surface area contributed by atoms with Gasteiger partial charge in [-0.15, -0.1) is 11.3 Å². The molecular weight excluding hydrogens is 434 g/mol. The molecule has 0 N–H and O–H groups in total. The molecule has 0 fully saturated rings. The molecule has 2 heterocycles. The molecule has 0 unspecified atom stereocenters. The molecule has 0 atom stereocenters. The zero-order valence-electron chi connectivity index (χ0n) is 16.9. The predicted molar refractivity (Wildman–Crippen MR) is 134 cm³/mol. The topological polar surface area (TPSA) is 38.7 Å². The first-order valence-electron chi connectivity index (χ1n) is 10.2. The molecule has 4 aromatic carbocycles. The second-order valence-electron chi connectivity index (χ2n) is 7.43. The Morgan fingerprint density at radius 2 is 1.16 bits per heavy atom. The third-order valence-electron chi connectivity index (χ3n) is 5.43. The molecule has 6 rings (SSSR count). The summed E-state index contributed by atoms with van der Waals surface area (Å²) < 4.78 is 2.42. The van der Waals surface area contributed by atoms with E-state index in [-0.39, 0.29) is 0 Å². The Bertz CT molecular complexity index is 1590. The Hall–Kier alpha value is -3.60. The van der Waals surface area contributed by atoms with Crippen molar-refractivity contribution in [2.75, 3.05) is 0 Å². The van der Waals surface area contributed by atoms with Crippen LogP contribution in [0.5, 0.6) is 0 Å². The van der Waals surface area contributed by atoms with E-state index in [4.69, 9.17) is 26.6 Å². The standard InChI is InChI=1S/C27H16ClN3S/c28-22-15-6-4-12-20(22)26-29-25(17-9-2-1-3-10-17)30-27(31-26)21-14-8-13-19-18-11-5-7-16-23(18)32-24(19)21/h1-16H. The van der Waals surface area contributed by atoms with Gasteiger partial charge in [0.15, 0.2) is 17.5 Å². The summed E-state index contributed by atoms with van der Waals surface area (Å²) >= 11 is 8.27. The zero-order valence-corrected chi connectivity index (χ0v) is 18.4. The Balaban J connectivity index is 1.64. The maximum absolute atomic E-state index is 6.51. The van der Waals surface area contributed by atoms with Crippen molar-refractivity contribution in [2.24, 2.45) is 0 Å². The molecular formula is C27H16ClN3S. The van der Waals surface area contributed by atoms with Crippen LogP contribution in [0.4, 0.5) is 0 Å². The van der Waals surface area contributed by atoms with Crippen LogP contribution >= 0.6 is 22.9 Å². The summed E-state index contributed by atoms with van der Waals surface area (Å²) in [7, 11) is 0. The summed E-state index contributed by atoms with van der Waals surface area (Å²) in [6.07, 6.45) is 0. The minimum absolute atomic E-state index is 0.567. The maximum Gasteiger partial charge on any atom is 0.165 e. The first kappa shape index (κ1) is 19.1. The summed E-state index contributed by atoms with van der Waals surface area (Å²) in [6, 6.07) is 32.4. The molecule has 0 aliphatic rings. The number of hydrogen-bond acceptors (Lipinski definition) is 4. The monoisotopic (exact) mass is 449 g/mol. The molecule has 2 aromatic heterocycles. The van der Waals surface area contributed by atoms with Gasteiger partial charge in [0.05, 0.1) is 5.02 Å². The highest BCUT2D eigenvalue weighted by molar-refractivity contribution is 7.26. The average molecular weight is 450 g/mol. The fraction of sp³-hybridized carbons (Fsp3) is 0. The van der Waals surface area contributed by atoms with E-state index in [1.165, 1.54) is 20.2 Å². The Morgan fingerprint density at radius 1 is 0.531 bits per heavy atom. The minimum atomic E-state index is 0.567. The van der Waals surface area contributed by atoms with Gasteiger partial charge in [-0.05, 0) is 24.3 Å². The van der Waals surface area contributed by atoms with Crippen molar-refractivity contribution in [3.63, 3.8) is 0 Å². The lowest BCUT2D eigenvalue weighted by atomic mass is 10.1. The van der Waals surface area contributed by atoms with E-state index in [2.05, 4.69) is 42.5 Å². The van der Waals surface area contributed by atoms with Gasteiger partial charge in [-0.2, -0.15) is 0 Å². The number of hydrogen-bond donors (Lipinski definition) is 0. The van der Waals surface area contributed by atoms with Crippen LogP contribution in [-0.2, 0) is 0 Å². The molecule has 152 valence electrons. The fourth-order valence-corrected chi connectivity index (χ4v) is 5.33. The van der Waals surface area contributed by atoms with E-state index < -0.39 is 0 Å². The first-order chi connectivity index (χ1) is 15.8. The molecule has 0 amide bonds. The molecule has 5 heteroatoms. The SMILES string of the molecule is Clc1ccccc1-c1nc(-c2ccccc2)nc(-c2cccc3c2sc2ccccc23)n1. The normalized spacial score (nSPS) is 11.3. The van der Waals surface area contributed by atoms with E-state index in [9.17, 15) is 0 Å². The van der Waals surface area contributed by atoms with Gasteiger partial charge < -0.3 is 0 Å². The van der Waals surface area contributed by atoms with Crippen LogP contribution < -0.4 is 0 Å². The molecule has 0 saturated carbocycles. The number of thiophene rings is 1. The van der Waals surface area contributed by atoms with Crippen molar-refractivity contribution in [2.45, 2.75) is 0 Å². The van der Waals surface area contributed by atoms with Crippen LogP contribution in [0.1, 0.15) is 0 Å². The quantitative estimate of drug-likeness (QED) is 0.275. The van der Waals surface area contributed by atoms with E-state index >= 15 is 0 Å². The van der Waals surface area contributed by atoms with Gasteiger partial charge in [-0.25, -0.2) is 15.0 Å². The summed E-state index contributed by atoms with van der Waals surface area (Å²) in [6.45, 7) is 0. The third kappa shape index (κ3) is 3.25. The number of aromatic nitrogens is 3. The van der Waals surface area contributed by atoms with Crippen LogP contribution in [0, 0.1) is 0 Å². The fourth-order valence-electron chi connectivity index (χ4n) is 3.90. The van der Waals surface area contributed by atoms with E-state index in [1.807, 2.05) is 54.6 Å². The van der Waals surface area contributed by atoms with Crippen molar-refractivity contribution in [1.29, 1.82) is 0 Å². The van der Waals surface area contributed by atoms with Crippen LogP contribution in [0.25, 0.3) is 54.3 Å². The Kier molecular flexibility index (Phi) is 4.67. The molecule has 0 radical (unpaired) electrons. The number of nitrogens with zero attached hydrogens (tertiary/aromatic N) is 3. The highest BCUT2D eigenvalue weighted by atomic mass is 35.5. The van der Waals surface area contributed by atoms with Gasteiger partial charge >= 0.3 is 0 Å². The molecule has 0 aliphatic heterocycles. The molecule has 0 aliphatic carbocycles. The van der Waals surface area contributed by atoms with Crippen molar-refractivity contribution < 1.29 is 0 Å². The summed E-state index contributed by atoms with van der Waals surface area (Å²) in [5.41, 5.74) is 2.73. The van der Waals surface area contributed by atoms with Gasteiger partial charge in [0, 0.05) is 36.9 Å². The first-order valence-corrected chi connectivity index (χ1v) is 11.4. The van der Waals surface area contributed by atoms with Gasteiger partial charge in [0.2, 0.25) is 0 Å². The predicted octanol–water partition coefficient (Wildman–Crippen LogP) is 7.89. The van der Waals surface area contributed by atoms with Gasteiger partial charge in [0.1, 0.15) is 0 Å². The second kappa shape index (κ2) is 7.83. The second-order valence-corrected chi connectivity index (χ2v) is 8.89. The zero-order chi connectivity index (χ0) is 21.5. The van der Waals surface area contributed by atoms with Crippen molar-refractivity contribution >= 4 is 43.1 Å². The third-order valence-corrected chi connectivity index (χ3v) is 6.98. The van der Waals surface area contributed by atoms with Gasteiger partial charge in [0.25, 0.3) is 0 Å². The molecule has 6 aromatic rings. The summed E-state index contributed by atoms with van der Waals surface area (Å²) in [5, 5.41) is 3.07. The lowest BCUT2D eigenvalue weighted by molar-refractivity contribution is 1.08. The molecule has 0 bridgehead atoms. The molecule has 0 saturated heterocycles. The summed E-state index contributed by atoms with van der Waals surface area (Å²) in [5.74, 6) is 1.84.